The van der Waals surface area contributed by atoms with Crippen LogP contribution in [0.4, 0.5) is 4.39 Å². The van der Waals surface area contributed by atoms with Crippen molar-refractivity contribution >= 4 is 11.6 Å². The highest BCUT2D eigenvalue weighted by Crippen LogP contribution is 2.34. The first-order chi connectivity index (χ1) is 13.7. The molecular weight excluding hydrogens is 377 g/mol. The van der Waals surface area contributed by atoms with E-state index >= 15 is 0 Å². The summed E-state index contributed by atoms with van der Waals surface area (Å²) in [7, 11) is 1.61. The van der Waals surface area contributed by atoms with Gasteiger partial charge in [-0.25, -0.2) is 4.39 Å². The van der Waals surface area contributed by atoms with Crippen LogP contribution in [0.15, 0.2) is 66.7 Å². The molecule has 3 aromatic rings. The van der Waals surface area contributed by atoms with Crippen LogP contribution in [0.3, 0.4) is 0 Å². The molecule has 0 spiro atoms. The standard InChI is InChI=1S/C23H23ClFNO2/c1-27-22-13-19(15-26-12-11-18-9-5-6-10-21(18)25)20(24)14-23(22)28-16-17-7-3-2-4-8-17/h2-10,13-14,26H,11-12,15-16H2,1H3. The van der Waals surface area contributed by atoms with Crippen molar-refractivity contribution in [1.82, 2.24) is 5.32 Å². The van der Waals surface area contributed by atoms with E-state index in [9.17, 15) is 4.39 Å². The first-order valence-corrected chi connectivity index (χ1v) is 9.52. The van der Waals surface area contributed by atoms with Gasteiger partial charge in [0.15, 0.2) is 11.5 Å². The van der Waals surface area contributed by atoms with Crippen LogP contribution >= 0.6 is 11.6 Å². The molecule has 28 heavy (non-hydrogen) atoms. The van der Waals surface area contributed by atoms with E-state index in [2.05, 4.69) is 5.32 Å². The minimum Gasteiger partial charge on any atom is -0.493 e. The van der Waals surface area contributed by atoms with Crippen molar-refractivity contribution in [3.63, 3.8) is 0 Å². The van der Waals surface area contributed by atoms with Crippen molar-refractivity contribution in [2.75, 3.05) is 13.7 Å². The van der Waals surface area contributed by atoms with Crippen LogP contribution in [0.1, 0.15) is 16.7 Å². The van der Waals surface area contributed by atoms with Gasteiger partial charge in [-0.3, -0.25) is 0 Å². The van der Waals surface area contributed by atoms with Crippen LogP contribution in [0.2, 0.25) is 5.02 Å². The molecule has 0 amide bonds. The number of rotatable bonds is 9. The predicted molar refractivity (Wildman–Crippen MR) is 111 cm³/mol. The molecule has 3 nitrogen and oxygen atoms in total. The van der Waals surface area contributed by atoms with Crippen molar-refractivity contribution in [1.29, 1.82) is 0 Å². The van der Waals surface area contributed by atoms with Crippen LogP contribution in [0.25, 0.3) is 0 Å². The summed E-state index contributed by atoms with van der Waals surface area (Å²) < 4.78 is 25.0. The molecule has 0 bridgehead atoms. The topological polar surface area (TPSA) is 30.5 Å². The molecule has 0 saturated heterocycles. The SMILES string of the molecule is COc1cc(CNCCc2ccccc2F)c(Cl)cc1OCc1ccccc1. The first-order valence-electron chi connectivity index (χ1n) is 9.14. The molecule has 0 unspecified atom stereocenters. The Bertz CT molecular complexity index is 902. The number of ether oxygens (including phenoxy) is 2. The lowest BCUT2D eigenvalue weighted by atomic mass is 10.1. The fraction of sp³-hybridized carbons (Fsp3) is 0.217. The van der Waals surface area contributed by atoms with Gasteiger partial charge < -0.3 is 14.8 Å². The highest BCUT2D eigenvalue weighted by atomic mass is 35.5. The van der Waals surface area contributed by atoms with Crippen LogP contribution < -0.4 is 14.8 Å². The lowest BCUT2D eigenvalue weighted by Gasteiger charge is -2.14. The molecular formula is C23H23ClFNO2. The summed E-state index contributed by atoms with van der Waals surface area (Å²) in [6.07, 6.45) is 0.611. The normalized spacial score (nSPS) is 10.7. The summed E-state index contributed by atoms with van der Waals surface area (Å²) in [6.45, 7) is 1.64. The number of hydrogen-bond donors (Lipinski definition) is 1. The molecule has 0 aliphatic carbocycles. The summed E-state index contributed by atoms with van der Waals surface area (Å²) >= 11 is 6.43. The fourth-order valence-electron chi connectivity index (χ4n) is 2.87. The number of halogens is 2. The molecule has 0 radical (unpaired) electrons. The van der Waals surface area contributed by atoms with Crippen molar-refractivity contribution in [2.45, 2.75) is 19.6 Å². The van der Waals surface area contributed by atoms with Crippen LogP contribution in [-0.2, 0) is 19.6 Å². The molecule has 0 saturated carbocycles. The molecule has 0 aliphatic heterocycles. The monoisotopic (exact) mass is 399 g/mol. The molecule has 0 atom stereocenters. The Hall–Kier alpha value is -2.56. The molecule has 3 aromatic carbocycles. The molecule has 1 N–H and O–H groups in total. The molecule has 0 aliphatic rings. The van der Waals surface area contributed by atoms with Crippen LogP contribution in [0, 0.1) is 5.82 Å². The van der Waals surface area contributed by atoms with E-state index in [0.717, 1.165) is 11.1 Å². The van der Waals surface area contributed by atoms with Crippen LogP contribution in [-0.4, -0.2) is 13.7 Å². The Morgan fingerprint density at radius 2 is 1.68 bits per heavy atom. The average Bonchev–Trinajstić information content (AvgIpc) is 2.72. The molecule has 146 valence electrons. The highest BCUT2D eigenvalue weighted by molar-refractivity contribution is 6.31. The van der Waals surface area contributed by atoms with Gasteiger partial charge in [-0.05, 0) is 41.8 Å². The quantitative estimate of drug-likeness (QED) is 0.489. The molecule has 0 heterocycles. The largest absolute Gasteiger partial charge is 0.493 e. The zero-order chi connectivity index (χ0) is 19.8. The Labute approximate surface area is 170 Å². The van der Waals surface area contributed by atoms with Gasteiger partial charge >= 0.3 is 0 Å². The maximum Gasteiger partial charge on any atom is 0.163 e. The molecule has 0 fully saturated rings. The van der Waals surface area contributed by atoms with Gasteiger partial charge in [0, 0.05) is 17.6 Å². The van der Waals surface area contributed by atoms with E-state index in [0.29, 0.717) is 48.2 Å². The van der Waals surface area contributed by atoms with Crippen LogP contribution in [0.5, 0.6) is 11.5 Å². The van der Waals surface area contributed by atoms with Gasteiger partial charge in [-0.2, -0.15) is 0 Å². The minimum absolute atomic E-state index is 0.177. The predicted octanol–water partition coefficient (Wildman–Crippen LogP) is 5.40. The van der Waals surface area contributed by atoms with Crippen molar-refractivity contribution in [3.05, 3.63) is 94.3 Å². The summed E-state index contributed by atoms with van der Waals surface area (Å²) in [6, 6.07) is 20.4. The molecule has 5 heteroatoms. The van der Waals surface area contributed by atoms with Crippen molar-refractivity contribution in [2.24, 2.45) is 0 Å². The average molecular weight is 400 g/mol. The van der Waals surface area contributed by atoms with Crippen molar-refractivity contribution in [3.8, 4) is 11.5 Å². The number of nitrogens with one attached hydrogen (secondary N) is 1. The third kappa shape index (κ3) is 5.47. The lowest BCUT2D eigenvalue weighted by Crippen LogP contribution is -2.17. The second-order valence-electron chi connectivity index (χ2n) is 6.39. The van der Waals surface area contributed by atoms with Gasteiger partial charge in [-0.1, -0.05) is 60.1 Å². The van der Waals surface area contributed by atoms with E-state index in [-0.39, 0.29) is 5.82 Å². The van der Waals surface area contributed by atoms with Gasteiger partial charge in [-0.15, -0.1) is 0 Å². The maximum atomic E-state index is 13.7. The third-order valence-electron chi connectivity index (χ3n) is 4.41. The first kappa shape index (κ1) is 20.2. The fourth-order valence-corrected chi connectivity index (χ4v) is 3.09. The van der Waals surface area contributed by atoms with E-state index in [4.69, 9.17) is 21.1 Å². The molecule has 3 rings (SSSR count). The third-order valence-corrected chi connectivity index (χ3v) is 4.77. The maximum absolute atomic E-state index is 13.7. The lowest BCUT2D eigenvalue weighted by molar-refractivity contribution is 0.284. The Morgan fingerprint density at radius 3 is 2.43 bits per heavy atom. The van der Waals surface area contributed by atoms with E-state index in [1.807, 2.05) is 42.5 Å². The zero-order valence-corrected chi connectivity index (χ0v) is 16.5. The summed E-state index contributed by atoms with van der Waals surface area (Å²) in [5.74, 6) is 1.06. The number of hydrogen-bond acceptors (Lipinski definition) is 3. The van der Waals surface area contributed by atoms with Gasteiger partial charge in [0.2, 0.25) is 0 Å². The van der Waals surface area contributed by atoms with Gasteiger partial charge in [0.25, 0.3) is 0 Å². The van der Waals surface area contributed by atoms with E-state index in [1.54, 1.807) is 25.3 Å². The summed E-state index contributed by atoms with van der Waals surface area (Å²) in [5.41, 5.74) is 2.67. The minimum atomic E-state index is -0.177. The smallest absolute Gasteiger partial charge is 0.163 e. The van der Waals surface area contributed by atoms with E-state index in [1.165, 1.54) is 6.07 Å². The summed E-state index contributed by atoms with van der Waals surface area (Å²) in [4.78, 5) is 0. The number of methoxy groups -OCH3 is 1. The summed E-state index contributed by atoms with van der Waals surface area (Å²) in [5, 5.41) is 3.90. The van der Waals surface area contributed by atoms with Crippen molar-refractivity contribution < 1.29 is 13.9 Å². The zero-order valence-electron chi connectivity index (χ0n) is 15.8. The molecule has 0 aromatic heterocycles. The Kier molecular flexibility index (Phi) is 7.29. The second-order valence-corrected chi connectivity index (χ2v) is 6.79. The van der Waals surface area contributed by atoms with E-state index < -0.39 is 0 Å². The van der Waals surface area contributed by atoms with Gasteiger partial charge in [0.1, 0.15) is 12.4 Å². The Balaban J connectivity index is 1.58. The Morgan fingerprint density at radius 1 is 0.929 bits per heavy atom. The second kappa shape index (κ2) is 10.1. The highest BCUT2D eigenvalue weighted by Gasteiger charge is 2.11. The van der Waals surface area contributed by atoms with Gasteiger partial charge in [0.05, 0.1) is 7.11 Å². The number of benzene rings is 3.